The molecule has 8 heteroatoms. The molecule has 0 aromatic carbocycles. The van der Waals surface area contributed by atoms with Crippen molar-refractivity contribution in [1.82, 2.24) is 19.4 Å². The maximum atomic E-state index is 12.7. The van der Waals surface area contributed by atoms with E-state index in [0.717, 1.165) is 29.2 Å². The summed E-state index contributed by atoms with van der Waals surface area (Å²) >= 11 is 3.06. The number of amides is 1. The molecule has 4 heterocycles. The number of thiophene rings is 2. The van der Waals surface area contributed by atoms with Crippen molar-refractivity contribution in [2.24, 2.45) is 0 Å². The average molecular weight is 389 g/mol. The first-order valence-electron chi connectivity index (χ1n) is 8.68. The summed E-state index contributed by atoms with van der Waals surface area (Å²) in [4.78, 5) is 36.4. The van der Waals surface area contributed by atoms with Crippen LogP contribution in [0.3, 0.4) is 0 Å². The van der Waals surface area contributed by atoms with Crippen LogP contribution in [0.25, 0.3) is 10.2 Å². The monoisotopic (exact) mass is 388 g/mol. The van der Waals surface area contributed by atoms with Gasteiger partial charge in [-0.2, -0.15) is 0 Å². The molecule has 0 atom stereocenters. The minimum atomic E-state index is 0.0167. The molecule has 136 valence electrons. The van der Waals surface area contributed by atoms with Crippen LogP contribution in [-0.2, 0) is 13.1 Å². The normalized spacial score (nSPS) is 15.7. The van der Waals surface area contributed by atoms with Crippen molar-refractivity contribution in [2.75, 3.05) is 26.2 Å². The maximum absolute atomic E-state index is 12.7. The van der Waals surface area contributed by atoms with E-state index in [4.69, 9.17) is 0 Å². The lowest BCUT2D eigenvalue weighted by molar-refractivity contribution is 0.0597. The third-order valence-corrected chi connectivity index (χ3v) is 6.71. The zero-order valence-electron chi connectivity index (χ0n) is 14.6. The number of rotatable bonds is 4. The van der Waals surface area contributed by atoms with Crippen molar-refractivity contribution in [3.05, 3.63) is 50.0 Å². The van der Waals surface area contributed by atoms with Crippen LogP contribution >= 0.6 is 22.7 Å². The molecule has 1 aliphatic rings. The van der Waals surface area contributed by atoms with Crippen molar-refractivity contribution in [2.45, 2.75) is 20.0 Å². The molecular weight excluding hydrogens is 368 g/mol. The van der Waals surface area contributed by atoms with Gasteiger partial charge in [0.15, 0.2) is 0 Å². The van der Waals surface area contributed by atoms with Gasteiger partial charge in [0.2, 0.25) is 0 Å². The van der Waals surface area contributed by atoms with Crippen molar-refractivity contribution in [3.8, 4) is 0 Å². The molecule has 0 saturated carbocycles. The van der Waals surface area contributed by atoms with E-state index in [-0.39, 0.29) is 11.5 Å². The molecule has 3 aromatic heterocycles. The Balaban J connectivity index is 1.43. The molecular formula is C18H20N4O2S2. The first-order chi connectivity index (χ1) is 12.7. The Hall–Kier alpha value is -2.03. The van der Waals surface area contributed by atoms with Crippen LogP contribution in [0.2, 0.25) is 0 Å². The molecule has 1 saturated heterocycles. The Morgan fingerprint density at radius 2 is 2.08 bits per heavy atom. The molecule has 0 unspecified atom stereocenters. The zero-order valence-corrected chi connectivity index (χ0v) is 16.2. The van der Waals surface area contributed by atoms with Crippen LogP contribution < -0.4 is 5.56 Å². The predicted molar refractivity (Wildman–Crippen MR) is 105 cm³/mol. The van der Waals surface area contributed by atoms with Crippen molar-refractivity contribution in [1.29, 1.82) is 0 Å². The standard InChI is InChI=1S/C18H20N4O2S2/c1-2-13-10-14-16(26-13)19-11-22(17(14)23)12-20-5-7-21(8-6-20)18(24)15-4-3-9-25-15/h3-4,9-11H,2,5-8,12H2,1H3. The Labute approximate surface area is 159 Å². The largest absolute Gasteiger partial charge is 0.335 e. The summed E-state index contributed by atoms with van der Waals surface area (Å²) in [6.45, 7) is 5.47. The second kappa shape index (κ2) is 7.30. The van der Waals surface area contributed by atoms with E-state index in [0.29, 0.717) is 25.1 Å². The third kappa shape index (κ3) is 3.32. The summed E-state index contributed by atoms with van der Waals surface area (Å²) in [5.41, 5.74) is 0.0167. The molecule has 3 aromatic rings. The van der Waals surface area contributed by atoms with Gasteiger partial charge in [-0.25, -0.2) is 4.98 Å². The van der Waals surface area contributed by atoms with E-state index in [2.05, 4.69) is 16.8 Å². The number of aromatic nitrogens is 2. The highest BCUT2D eigenvalue weighted by Gasteiger charge is 2.23. The van der Waals surface area contributed by atoms with E-state index < -0.39 is 0 Å². The van der Waals surface area contributed by atoms with Gasteiger partial charge in [0.25, 0.3) is 11.5 Å². The fraction of sp³-hybridized carbons (Fsp3) is 0.389. The molecule has 0 bridgehead atoms. The number of hydrogen-bond donors (Lipinski definition) is 0. The highest BCUT2D eigenvalue weighted by molar-refractivity contribution is 7.18. The molecule has 0 radical (unpaired) electrons. The van der Waals surface area contributed by atoms with Crippen LogP contribution in [0, 0.1) is 0 Å². The lowest BCUT2D eigenvalue weighted by Crippen LogP contribution is -2.49. The van der Waals surface area contributed by atoms with Gasteiger partial charge in [0.1, 0.15) is 11.2 Å². The van der Waals surface area contributed by atoms with E-state index in [1.165, 1.54) is 16.2 Å². The number of aryl methyl sites for hydroxylation is 1. The van der Waals surface area contributed by atoms with Gasteiger partial charge in [0.05, 0.1) is 16.9 Å². The Kier molecular flexibility index (Phi) is 4.88. The number of hydrogen-bond acceptors (Lipinski definition) is 6. The highest BCUT2D eigenvalue weighted by atomic mass is 32.1. The topological polar surface area (TPSA) is 58.4 Å². The Morgan fingerprint density at radius 1 is 1.27 bits per heavy atom. The van der Waals surface area contributed by atoms with E-state index in [1.54, 1.807) is 22.2 Å². The van der Waals surface area contributed by atoms with Crippen molar-refractivity contribution in [3.63, 3.8) is 0 Å². The maximum Gasteiger partial charge on any atom is 0.264 e. The molecule has 6 nitrogen and oxygen atoms in total. The number of piperazine rings is 1. The molecule has 0 N–H and O–H groups in total. The summed E-state index contributed by atoms with van der Waals surface area (Å²) in [6.07, 6.45) is 2.56. The lowest BCUT2D eigenvalue weighted by atomic mass is 10.3. The second-order valence-electron chi connectivity index (χ2n) is 6.33. The van der Waals surface area contributed by atoms with Gasteiger partial charge in [0, 0.05) is 31.1 Å². The molecule has 1 amide bonds. The number of carbonyl (C=O) groups is 1. The first kappa shape index (κ1) is 17.4. The molecule has 4 rings (SSSR count). The fourth-order valence-electron chi connectivity index (χ4n) is 3.15. The fourth-order valence-corrected chi connectivity index (χ4v) is 4.76. The minimum absolute atomic E-state index is 0.0167. The van der Waals surface area contributed by atoms with Crippen LogP contribution in [0.1, 0.15) is 21.5 Å². The first-order valence-corrected chi connectivity index (χ1v) is 10.4. The van der Waals surface area contributed by atoms with Gasteiger partial charge < -0.3 is 4.90 Å². The SMILES string of the molecule is CCc1cc2c(=O)n(CN3CCN(C(=O)c4cccs4)CC3)cnc2s1. The smallest absolute Gasteiger partial charge is 0.264 e. The van der Waals surface area contributed by atoms with Crippen LogP contribution in [0.15, 0.2) is 34.7 Å². The molecule has 1 aliphatic heterocycles. The van der Waals surface area contributed by atoms with Crippen LogP contribution in [0.4, 0.5) is 0 Å². The van der Waals surface area contributed by atoms with Gasteiger partial charge in [-0.05, 0) is 23.9 Å². The van der Waals surface area contributed by atoms with Gasteiger partial charge in [-0.1, -0.05) is 13.0 Å². The van der Waals surface area contributed by atoms with Gasteiger partial charge >= 0.3 is 0 Å². The Bertz CT molecular complexity index is 969. The predicted octanol–water partition coefficient (Wildman–Crippen LogP) is 2.50. The lowest BCUT2D eigenvalue weighted by Gasteiger charge is -2.34. The van der Waals surface area contributed by atoms with E-state index in [1.807, 2.05) is 28.5 Å². The third-order valence-electron chi connectivity index (χ3n) is 4.66. The van der Waals surface area contributed by atoms with Crippen molar-refractivity contribution < 1.29 is 4.79 Å². The molecule has 1 fully saturated rings. The highest BCUT2D eigenvalue weighted by Crippen LogP contribution is 2.21. The Morgan fingerprint density at radius 3 is 2.77 bits per heavy atom. The zero-order chi connectivity index (χ0) is 18.1. The second-order valence-corrected chi connectivity index (χ2v) is 8.40. The van der Waals surface area contributed by atoms with Crippen LogP contribution in [-0.4, -0.2) is 51.4 Å². The average Bonchev–Trinajstić information content (AvgIpc) is 3.34. The summed E-state index contributed by atoms with van der Waals surface area (Å²) in [5, 5.41) is 2.63. The van der Waals surface area contributed by atoms with Crippen molar-refractivity contribution >= 4 is 38.8 Å². The quantitative estimate of drug-likeness (QED) is 0.689. The summed E-state index contributed by atoms with van der Waals surface area (Å²) in [7, 11) is 0. The molecule has 26 heavy (non-hydrogen) atoms. The number of carbonyl (C=O) groups excluding carboxylic acids is 1. The van der Waals surface area contributed by atoms with Gasteiger partial charge in [-0.3, -0.25) is 19.1 Å². The summed E-state index contributed by atoms with van der Waals surface area (Å²) in [5.74, 6) is 0.102. The molecule has 0 aliphatic carbocycles. The van der Waals surface area contributed by atoms with Gasteiger partial charge in [-0.15, -0.1) is 22.7 Å². The van der Waals surface area contributed by atoms with E-state index in [9.17, 15) is 9.59 Å². The summed E-state index contributed by atoms with van der Waals surface area (Å²) < 4.78 is 1.67. The number of nitrogens with zero attached hydrogens (tertiary/aromatic N) is 4. The molecule has 0 spiro atoms. The van der Waals surface area contributed by atoms with E-state index >= 15 is 0 Å². The summed E-state index contributed by atoms with van der Waals surface area (Å²) in [6, 6.07) is 5.73. The minimum Gasteiger partial charge on any atom is -0.335 e. The number of fused-ring (bicyclic) bond motifs is 1. The van der Waals surface area contributed by atoms with Crippen LogP contribution in [0.5, 0.6) is 0 Å².